The van der Waals surface area contributed by atoms with Crippen molar-refractivity contribution in [2.75, 3.05) is 0 Å². The van der Waals surface area contributed by atoms with E-state index >= 15 is 0 Å². The van der Waals surface area contributed by atoms with E-state index in [1.54, 1.807) is 6.07 Å². The summed E-state index contributed by atoms with van der Waals surface area (Å²) < 4.78 is 0. The van der Waals surface area contributed by atoms with Gasteiger partial charge in [-0.2, -0.15) is 5.26 Å². The van der Waals surface area contributed by atoms with Crippen molar-refractivity contribution >= 4 is 11.6 Å². The summed E-state index contributed by atoms with van der Waals surface area (Å²) in [5, 5.41) is 8.80. The standard InChI is InChI=1S/C10H6ClN/c1-8-4-5-9(3-2-6-12)10(11)7-8/h4-5,7H,1H3. The second-order valence-electron chi connectivity index (χ2n) is 2.35. The number of hydrogen-bond acceptors (Lipinski definition) is 1. The SMILES string of the molecule is Cc1ccc(C#CC#N)c(Cl)c1. The molecule has 0 N–H and O–H groups in total. The third kappa shape index (κ3) is 2.02. The van der Waals surface area contributed by atoms with Gasteiger partial charge in [0.05, 0.1) is 5.02 Å². The summed E-state index contributed by atoms with van der Waals surface area (Å²) in [7, 11) is 0. The molecule has 0 aliphatic heterocycles. The molecule has 0 saturated carbocycles. The highest BCUT2D eigenvalue weighted by molar-refractivity contribution is 6.31. The zero-order chi connectivity index (χ0) is 8.97. The van der Waals surface area contributed by atoms with Crippen LogP contribution in [0, 0.1) is 30.1 Å². The lowest BCUT2D eigenvalue weighted by atomic mass is 10.1. The van der Waals surface area contributed by atoms with Gasteiger partial charge in [0.2, 0.25) is 0 Å². The Kier molecular flexibility index (Phi) is 2.75. The number of nitriles is 1. The first-order valence-corrected chi connectivity index (χ1v) is 3.78. The molecular weight excluding hydrogens is 170 g/mol. The van der Waals surface area contributed by atoms with Crippen molar-refractivity contribution in [3.8, 4) is 17.9 Å². The van der Waals surface area contributed by atoms with E-state index < -0.39 is 0 Å². The highest BCUT2D eigenvalue weighted by Gasteiger charge is 1.95. The molecule has 0 fully saturated rings. The number of aryl methyl sites for hydroxylation is 1. The maximum atomic E-state index is 8.21. The summed E-state index contributed by atoms with van der Waals surface area (Å²) in [4.78, 5) is 0. The molecule has 0 spiro atoms. The van der Waals surface area contributed by atoms with E-state index in [9.17, 15) is 0 Å². The van der Waals surface area contributed by atoms with Gasteiger partial charge in [-0.05, 0) is 30.5 Å². The van der Waals surface area contributed by atoms with Crippen LogP contribution < -0.4 is 0 Å². The number of hydrogen-bond donors (Lipinski definition) is 0. The van der Waals surface area contributed by atoms with Gasteiger partial charge in [0.25, 0.3) is 0 Å². The molecule has 12 heavy (non-hydrogen) atoms. The van der Waals surface area contributed by atoms with Gasteiger partial charge < -0.3 is 0 Å². The fraction of sp³-hybridized carbons (Fsp3) is 0.100. The molecule has 2 heteroatoms. The average Bonchev–Trinajstić information content (AvgIpc) is 2.03. The van der Waals surface area contributed by atoms with Gasteiger partial charge in [-0.1, -0.05) is 17.7 Å². The minimum atomic E-state index is 0.595. The molecule has 0 saturated heterocycles. The summed E-state index contributed by atoms with van der Waals surface area (Å²) >= 11 is 5.85. The van der Waals surface area contributed by atoms with Crippen LogP contribution in [0.25, 0.3) is 0 Å². The molecule has 0 aromatic heterocycles. The van der Waals surface area contributed by atoms with Crippen LogP contribution in [0.3, 0.4) is 0 Å². The quantitative estimate of drug-likeness (QED) is 0.556. The van der Waals surface area contributed by atoms with E-state index in [0.29, 0.717) is 10.6 Å². The summed E-state index contributed by atoms with van der Waals surface area (Å²) in [5.74, 6) is 4.94. The lowest BCUT2D eigenvalue weighted by molar-refractivity contribution is 1.46. The van der Waals surface area contributed by atoms with Crippen LogP contribution in [-0.4, -0.2) is 0 Å². The molecule has 1 aromatic rings. The third-order valence-corrected chi connectivity index (χ3v) is 1.69. The molecule has 0 aliphatic carbocycles. The van der Waals surface area contributed by atoms with Crippen molar-refractivity contribution < 1.29 is 0 Å². The molecule has 1 rings (SSSR count). The molecule has 0 aliphatic rings. The maximum Gasteiger partial charge on any atom is 0.152 e. The number of nitrogens with zero attached hydrogens (tertiary/aromatic N) is 1. The Morgan fingerprint density at radius 3 is 2.75 bits per heavy atom. The zero-order valence-electron chi connectivity index (χ0n) is 6.56. The highest BCUT2D eigenvalue weighted by Crippen LogP contribution is 2.15. The predicted molar refractivity (Wildman–Crippen MR) is 48.7 cm³/mol. The fourth-order valence-corrected chi connectivity index (χ4v) is 1.10. The van der Waals surface area contributed by atoms with Crippen molar-refractivity contribution in [2.45, 2.75) is 6.92 Å². The third-order valence-electron chi connectivity index (χ3n) is 1.38. The van der Waals surface area contributed by atoms with Crippen LogP contribution >= 0.6 is 11.6 Å². The Morgan fingerprint density at radius 2 is 2.17 bits per heavy atom. The van der Waals surface area contributed by atoms with Crippen molar-refractivity contribution in [3.63, 3.8) is 0 Å². The van der Waals surface area contributed by atoms with E-state index in [-0.39, 0.29) is 0 Å². The van der Waals surface area contributed by atoms with Crippen LogP contribution in [0.1, 0.15) is 11.1 Å². The van der Waals surface area contributed by atoms with Gasteiger partial charge in [0.15, 0.2) is 6.07 Å². The van der Waals surface area contributed by atoms with Gasteiger partial charge in [-0.25, -0.2) is 0 Å². The molecule has 58 valence electrons. The van der Waals surface area contributed by atoms with E-state index in [1.165, 1.54) is 0 Å². The monoisotopic (exact) mass is 175 g/mol. The number of halogens is 1. The van der Waals surface area contributed by atoms with Gasteiger partial charge in [-0.15, -0.1) is 0 Å². The van der Waals surface area contributed by atoms with Crippen LogP contribution in [0.4, 0.5) is 0 Å². The Balaban J connectivity index is 3.12. The first-order chi connectivity index (χ1) is 5.74. The molecule has 0 radical (unpaired) electrons. The zero-order valence-corrected chi connectivity index (χ0v) is 7.31. The lowest BCUT2D eigenvalue weighted by Crippen LogP contribution is -1.78. The van der Waals surface area contributed by atoms with E-state index in [2.05, 4.69) is 11.8 Å². The fourth-order valence-electron chi connectivity index (χ4n) is 0.817. The molecule has 0 bridgehead atoms. The normalized spacial score (nSPS) is 8.08. The summed E-state index contributed by atoms with van der Waals surface area (Å²) in [6.45, 7) is 1.95. The summed E-state index contributed by atoms with van der Waals surface area (Å²) in [6, 6.07) is 7.28. The minimum Gasteiger partial charge on any atom is -0.183 e. The van der Waals surface area contributed by atoms with Gasteiger partial charge in [0, 0.05) is 11.5 Å². The van der Waals surface area contributed by atoms with Crippen molar-refractivity contribution in [2.24, 2.45) is 0 Å². The number of rotatable bonds is 0. The molecule has 1 nitrogen and oxygen atoms in total. The van der Waals surface area contributed by atoms with Gasteiger partial charge in [0.1, 0.15) is 0 Å². The molecular formula is C10H6ClN. The van der Waals surface area contributed by atoms with E-state index in [4.69, 9.17) is 16.9 Å². The summed E-state index contributed by atoms with van der Waals surface area (Å²) in [5.41, 5.74) is 1.78. The minimum absolute atomic E-state index is 0.595. The molecule has 1 aromatic carbocycles. The maximum absolute atomic E-state index is 8.21. The second kappa shape index (κ2) is 3.81. The second-order valence-corrected chi connectivity index (χ2v) is 2.75. The first kappa shape index (κ1) is 8.65. The number of benzene rings is 1. The Hall–Kier alpha value is -1.44. The summed E-state index contributed by atoms with van der Waals surface area (Å²) in [6.07, 6.45) is 0. The van der Waals surface area contributed by atoms with Crippen LogP contribution in [0.2, 0.25) is 5.02 Å². The van der Waals surface area contributed by atoms with Crippen LogP contribution in [-0.2, 0) is 0 Å². The topological polar surface area (TPSA) is 23.8 Å². The van der Waals surface area contributed by atoms with Crippen molar-refractivity contribution in [1.29, 1.82) is 5.26 Å². The molecule has 0 heterocycles. The van der Waals surface area contributed by atoms with E-state index in [1.807, 2.05) is 25.1 Å². The predicted octanol–water partition coefficient (Wildman–Crippen LogP) is 2.52. The first-order valence-electron chi connectivity index (χ1n) is 3.40. The van der Waals surface area contributed by atoms with E-state index in [0.717, 1.165) is 5.56 Å². The van der Waals surface area contributed by atoms with Crippen molar-refractivity contribution in [1.82, 2.24) is 0 Å². The Morgan fingerprint density at radius 1 is 1.42 bits per heavy atom. The molecule has 0 unspecified atom stereocenters. The van der Waals surface area contributed by atoms with Crippen LogP contribution in [0.5, 0.6) is 0 Å². The molecule has 0 atom stereocenters. The molecule has 0 amide bonds. The van der Waals surface area contributed by atoms with Crippen molar-refractivity contribution in [3.05, 3.63) is 34.3 Å². The largest absolute Gasteiger partial charge is 0.183 e. The van der Waals surface area contributed by atoms with Crippen LogP contribution in [0.15, 0.2) is 18.2 Å². The average molecular weight is 176 g/mol. The van der Waals surface area contributed by atoms with Gasteiger partial charge in [-0.3, -0.25) is 0 Å². The smallest absolute Gasteiger partial charge is 0.152 e. The van der Waals surface area contributed by atoms with Gasteiger partial charge >= 0.3 is 0 Å². The lowest BCUT2D eigenvalue weighted by Gasteiger charge is -1.95. The Bertz CT molecular complexity index is 391. The highest BCUT2D eigenvalue weighted by atomic mass is 35.5. The Labute approximate surface area is 76.6 Å².